The molecule has 3 heterocycles. The van der Waals surface area contributed by atoms with Gasteiger partial charge in [-0.25, -0.2) is 4.98 Å². The highest BCUT2D eigenvalue weighted by molar-refractivity contribution is 5.90. The van der Waals surface area contributed by atoms with E-state index < -0.39 is 0 Å². The van der Waals surface area contributed by atoms with Gasteiger partial charge in [-0.05, 0) is 30.2 Å². The molecule has 4 aromatic rings. The minimum absolute atomic E-state index is 0.231. The Morgan fingerprint density at radius 1 is 0.923 bits per heavy atom. The molecule has 0 fully saturated rings. The summed E-state index contributed by atoms with van der Waals surface area (Å²) in [6.07, 6.45) is 4.18. The number of aromatic nitrogens is 4. The molecule has 0 saturated heterocycles. The van der Waals surface area contributed by atoms with Gasteiger partial charge in [0.2, 0.25) is 5.95 Å². The number of benzene rings is 1. The topological polar surface area (TPSA) is 83.6 Å². The summed E-state index contributed by atoms with van der Waals surface area (Å²) < 4.78 is 0. The first kappa shape index (κ1) is 16.0. The van der Waals surface area contributed by atoms with Gasteiger partial charge in [-0.2, -0.15) is 4.98 Å². The molecule has 0 aliphatic heterocycles. The Hall–Kier alpha value is -3.54. The van der Waals surface area contributed by atoms with E-state index in [0.717, 1.165) is 17.7 Å². The zero-order valence-electron chi connectivity index (χ0n) is 14.0. The van der Waals surface area contributed by atoms with Crippen molar-refractivity contribution in [1.82, 2.24) is 19.9 Å². The van der Waals surface area contributed by atoms with Gasteiger partial charge >= 0.3 is 0 Å². The molecule has 0 amide bonds. The van der Waals surface area contributed by atoms with E-state index in [4.69, 9.17) is 0 Å². The highest BCUT2D eigenvalue weighted by Gasteiger charge is 2.11. The van der Waals surface area contributed by atoms with Gasteiger partial charge in [-0.1, -0.05) is 36.4 Å². The van der Waals surface area contributed by atoms with Crippen molar-refractivity contribution in [2.75, 3.05) is 11.9 Å². The van der Waals surface area contributed by atoms with Crippen LogP contribution in [0.2, 0.25) is 0 Å². The number of pyridine rings is 2. The van der Waals surface area contributed by atoms with Crippen LogP contribution in [0.25, 0.3) is 22.3 Å². The Labute approximate surface area is 150 Å². The lowest BCUT2D eigenvalue weighted by Crippen LogP contribution is -2.16. The molecule has 0 spiro atoms. The van der Waals surface area contributed by atoms with Crippen molar-refractivity contribution in [3.8, 4) is 11.3 Å². The molecular weight excluding hydrogens is 326 g/mol. The fourth-order valence-electron chi connectivity index (χ4n) is 2.85. The van der Waals surface area contributed by atoms with E-state index in [1.54, 1.807) is 18.5 Å². The average molecular weight is 343 g/mol. The van der Waals surface area contributed by atoms with Crippen molar-refractivity contribution >= 4 is 17.0 Å². The molecule has 26 heavy (non-hydrogen) atoms. The van der Waals surface area contributed by atoms with E-state index in [1.165, 1.54) is 5.56 Å². The molecule has 0 atom stereocenters. The zero-order valence-corrected chi connectivity index (χ0v) is 14.0. The predicted molar refractivity (Wildman–Crippen MR) is 102 cm³/mol. The van der Waals surface area contributed by atoms with Crippen LogP contribution in [-0.2, 0) is 6.42 Å². The van der Waals surface area contributed by atoms with E-state index in [0.29, 0.717) is 23.5 Å². The largest absolute Gasteiger partial charge is 0.355 e. The van der Waals surface area contributed by atoms with Crippen molar-refractivity contribution in [2.24, 2.45) is 0 Å². The van der Waals surface area contributed by atoms with Crippen molar-refractivity contribution in [1.29, 1.82) is 0 Å². The molecule has 0 aliphatic rings. The Balaban J connectivity index is 1.62. The molecule has 1 aromatic carbocycles. The van der Waals surface area contributed by atoms with Gasteiger partial charge in [0.25, 0.3) is 5.56 Å². The summed E-state index contributed by atoms with van der Waals surface area (Å²) in [6.45, 7) is 0.665. The monoisotopic (exact) mass is 343 g/mol. The minimum atomic E-state index is -0.231. The standard InChI is InChI=1S/C20H17N5O/c26-19-17-15(16-8-4-5-11-21-16)10-13-22-18(17)24-20(25-19)23-12-9-14-6-2-1-3-7-14/h1-8,10-11,13H,9,12H2,(H2,22,23,24,25,26). The fourth-order valence-corrected chi connectivity index (χ4v) is 2.85. The lowest BCUT2D eigenvalue weighted by atomic mass is 10.1. The number of H-pyrrole nitrogens is 1. The Morgan fingerprint density at radius 3 is 2.58 bits per heavy atom. The van der Waals surface area contributed by atoms with E-state index in [-0.39, 0.29) is 5.56 Å². The summed E-state index contributed by atoms with van der Waals surface area (Å²) in [6, 6.07) is 17.5. The number of hydrogen-bond donors (Lipinski definition) is 2. The lowest BCUT2D eigenvalue weighted by Gasteiger charge is -2.08. The van der Waals surface area contributed by atoms with E-state index in [1.807, 2.05) is 36.4 Å². The van der Waals surface area contributed by atoms with Crippen LogP contribution in [0.15, 0.2) is 71.8 Å². The number of rotatable bonds is 5. The molecule has 6 nitrogen and oxygen atoms in total. The van der Waals surface area contributed by atoms with Gasteiger partial charge in [0.1, 0.15) is 0 Å². The molecule has 0 aliphatic carbocycles. The average Bonchev–Trinajstić information content (AvgIpc) is 2.69. The Bertz CT molecular complexity index is 1080. The maximum Gasteiger partial charge on any atom is 0.262 e. The summed E-state index contributed by atoms with van der Waals surface area (Å²) >= 11 is 0. The second-order valence-corrected chi connectivity index (χ2v) is 5.85. The van der Waals surface area contributed by atoms with Crippen LogP contribution in [0.5, 0.6) is 0 Å². The molecule has 4 rings (SSSR count). The lowest BCUT2D eigenvalue weighted by molar-refractivity contribution is 0.982. The maximum atomic E-state index is 12.6. The van der Waals surface area contributed by atoms with E-state index in [9.17, 15) is 4.79 Å². The van der Waals surface area contributed by atoms with E-state index in [2.05, 4.69) is 37.4 Å². The van der Waals surface area contributed by atoms with Crippen LogP contribution in [0.1, 0.15) is 5.56 Å². The summed E-state index contributed by atoms with van der Waals surface area (Å²) in [5, 5.41) is 3.61. The van der Waals surface area contributed by atoms with Crippen molar-refractivity contribution in [3.63, 3.8) is 0 Å². The fraction of sp³-hybridized carbons (Fsp3) is 0.100. The van der Waals surface area contributed by atoms with Gasteiger partial charge in [0.15, 0.2) is 5.65 Å². The Kier molecular flexibility index (Phi) is 4.38. The van der Waals surface area contributed by atoms with Gasteiger partial charge in [0, 0.05) is 24.5 Å². The number of nitrogens with zero attached hydrogens (tertiary/aromatic N) is 3. The van der Waals surface area contributed by atoms with Gasteiger partial charge in [-0.3, -0.25) is 14.8 Å². The van der Waals surface area contributed by atoms with Crippen LogP contribution in [0.4, 0.5) is 5.95 Å². The summed E-state index contributed by atoms with van der Waals surface area (Å²) in [4.78, 5) is 28.5. The number of nitrogens with one attached hydrogen (secondary N) is 2. The predicted octanol–water partition coefficient (Wildman–Crippen LogP) is 3.03. The maximum absolute atomic E-state index is 12.6. The molecule has 6 heteroatoms. The number of anilines is 1. The first-order chi connectivity index (χ1) is 12.8. The Morgan fingerprint density at radius 2 is 1.77 bits per heavy atom. The van der Waals surface area contributed by atoms with E-state index >= 15 is 0 Å². The third-order valence-corrected chi connectivity index (χ3v) is 4.10. The number of aromatic amines is 1. The zero-order chi connectivity index (χ0) is 17.8. The summed E-state index contributed by atoms with van der Waals surface area (Å²) in [5.74, 6) is 0.420. The molecule has 0 radical (unpaired) electrons. The number of hydrogen-bond acceptors (Lipinski definition) is 5. The summed E-state index contributed by atoms with van der Waals surface area (Å²) in [5.41, 5.74) is 2.83. The molecule has 2 N–H and O–H groups in total. The summed E-state index contributed by atoms with van der Waals surface area (Å²) in [7, 11) is 0. The smallest absolute Gasteiger partial charge is 0.262 e. The van der Waals surface area contributed by atoms with Crippen LogP contribution < -0.4 is 10.9 Å². The molecular formula is C20H17N5O. The second kappa shape index (κ2) is 7.14. The van der Waals surface area contributed by atoms with Gasteiger partial charge in [0.05, 0.1) is 11.1 Å². The highest BCUT2D eigenvalue weighted by atomic mass is 16.1. The van der Waals surface area contributed by atoms with Crippen molar-refractivity contribution in [2.45, 2.75) is 6.42 Å². The molecule has 128 valence electrons. The van der Waals surface area contributed by atoms with Crippen LogP contribution in [0, 0.1) is 0 Å². The SMILES string of the molecule is O=c1[nH]c(NCCc2ccccc2)nc2nccc(-c3ccccn3)c12. The normalized spacial score (nSPS) is 10.8. The molecule has 3 aromatic heterocycles. The first-order valence-corrected chi connectivity index (χ1v) is 8.39. The third-order valence-electron chi connectivity index (χ3n) is 4.10. The van der Waals surface area contributed by atoms with Crippen molar-refractivity contribution < 1.29 is 0 Å². The van der Waals surface area contributed by atoms with Crippen LogP contribution in [0.3, 0.4) is 0 Å². The molecule has 0 saturated carbocycles. The third kappa shape index (κ3) is 3.30. The molecule has 0 unspecified atom stereocenters. The minimum Gasteiger partial charge on any atom is -0.355 e. The van der Waals surface area contributed by atoms with Crippen LogP contribution >= 0.6 is 0 Å². The molecule has 0 bridgehead atoms. The van der Waals surface area contributed by atoms with Gasteiger partial charge < -0.3 is 5.32 Å². The van der Waals surface area contributed by atoms with Crippen LogP contribution in [-0.4, -0.2) is 26.5 Å². The quantitative estimate of drug-likeness (QED) is 0.582. The van der Waals surface area contributed by atoms with Gasteiger partial charge in [-0.15, -0.1) is 0 Å². The highest BCUT2D eigenvalue weighted by Crippen LogP contribution is 2.22. The first-order valence-electron chi connectivity index (χ1n) is 8.39. The number of fused-ring (bicyclic) bond motifs is 1. The van der Waals surface area contributed by atoms with Crippen molar-refractivity contribution in [3.05, 3.63) is 82.9 Å². The second-order valence-electron chi connectivity index (χ2n) is 5.85.